The quantitative estimate of drug-likeness (QED) is 0.598. The van der Waals surface area contributed by atoms with Crippen LogP contribution in [0.1, 0.15) is 19.8 Å². The summed E-state index contributed by atoms with van der Waals surface area (Å²) in [7, 11) is 3.93. The van der Waals surface area contributed by atoms with E-state index in [9.17, 15) is 10.1 Å². The first kappa shape index (κ1) is 15.4. The molecule has 1 aromatic heterocycles. The van der Waals surface area contributed by atoms with Gasteiger partial charge >= 0.3 is 5.69 Å². The fraction of sp³-hybridized carbons (Fsp3) is 0.692. The van der Waals surface area contributed by atoms with E-state index in [1.165, 1.54) is 6.33 Å². The minimum atomic E-state index is -0.466. The predicted octanol–water partition coefficient (Wildman–Crippen LogP) is 1.31. The Bertz CT molecular complexity index is 503. The lowest BCUT2D eigenvalue weighted by Gasteiger charge is -2.35. The Hall–Kier alpha value is -1.96. The summed E-state index contributed by atoms with van der Waals surface area (Å²) < 4.78 is 5.27. The molecule has 1 aliphatic heterocycles. The molecule has 116 valence electrons. The van der Waals surface area contributed by atoms with Crippen LogP contribution < -0.4 is 9.64 Å². The maximum Gasteiger partial charge on any atom is 0.372 e. The van der Waals surface area contributed by atoms with Gasteiger partial charge in [-0.25, -0.2) is 4.98 Å². The molecule has 1 saturated heterocycles. The normalized spacial score (nSPS) is 16.7. The highest BCUT2D eigenvalue weighted by molar-refractivity contribution is 5.62. The number of hydrogen-bond acceptors (Lipinski definition) is 7. The number of piperidine rings is 1. The summed E-state index contributed by atoms with van der Waals surface area (Å²) in [4.78, 5) is 23.0. The van der Waals surface area contributed by atoms with Gasteiger partial charge in [-0.15, -0.1) is 0 Å². The van der Waals surface area contributed by atoms with Crippen molar-refractivity contribution in [2.24, 2.45) is 0 Å². The average molecular weight is 295 g/mol. The van der Waals surface area contributed by atoms with Gasteiger partial charge in [0.25, 0.3) is 5.88 Å². The SMILES string of the molecule is CCOc1ncnc(N(C)C2CCN(C)CC2)c1[N+](=O)[O-]. The van der Waals surface area contributed by atoms with Crippen LogP contribution in [0.25, 0.3) is 0 Å². The molecule has 0 atom stereocenters. The van der Waals surface area contributed by atoms with Crippen LogP contribution in [-0.4, -0.2) is 59.6 Å². The lowest BCUT2D eigenvalue weighted by atomic mass is 10.0. The van der Waals surface area contributed by atoms with E-state index < -0.39 is 4.92 Å². The van der Waals surface area contributed by atoms with Crippen LogP contribution >= 0.6 is 0 Å². The summed E-state index contributed by atoms with van der Waals surface area (Å²) >= 11 is 0. The first-order valence-corrected chi connectivity index (χ1v) is 7.08. The Morgan fingerprint density at radius 3 is 2.71 bits per heavy atom. The molecular formula is C13H21N5O3. The molecule has 8 nitrogen and oxygen atoms in total. The van der Waals surface area contributed by atoms with Crippen molar-refractivity contribution < 1.29 is 9.66 Å². The highest BCUT2D eigenvalue weighted by Crippen LogP contribution is 2.34. The van der Waals surface area contributed by atoms with Crippen molar-refractivity contribution in [3.63, 3.8) is 0 Å². The number of anilines is 1. The number of nitro groups is 1. The largest absolute Gasteiger partial charge is 0.473 e. The van der Waals surface area contributed by atoms with Gasteiger partial charge in [0.2, 0.25) is 5.82 Å². The molecule has 0 radical (unpaired) electrons. The Balaban J connectivity index is 2.29. The second-order valence-corrected chi connectivity index (χ2v) is 5.19. The highest BCUT2D eigenvalue weighted by Gasteiger charge is 2.31. The molecule has 0 spiro atoms. The van der Waals surface area contributed by atoms with Crippen LogP contribution in [0.3, 0.4) is 0 Å². The van der Waals surface area contributed by atoms with Crippen LogP contribution in [0, 0.1) is 10.1 Å². The number of ether oxygens (including phenoxy) is 1. The monoisotopic (exact) mass is 295 g/mol. The number of aromatic nitrogens is 2. The van der Waals surface area contributed by atoms with Gasteiger partial charge < -0.3 is 14.5 Å². The first-order valence-electron chi connectivity index (χ1n) is 7.08. The zero-order chi connectivity index (χ0) is 15.4. The van der Waals surface area contributed by atoms with E-state index in [-0.39, 0.29) is 17.6 Å². The molecule has 1 aliphatic rings. The second-order valence-electron chi connectivity index (χ2n) is 5.19. The molecule has 2 heterocycles. The minimum Gasteiger partial charge on any atom is -0.473 e. The Kier molecular flexibility index (Phi) is 4.89. The maximum absolute atomic E-state index is 11.4. The van der Waals surface area contributed by atoms with E-state index in [2.05, 4.69) is 21.9 Å². The molecule has 1 aromatic rings. The standard InChI is InChI=1S/C13H21N5O3/c1-4-21-13-11(18(19)20)12(14-9-15-13)17(3)10-5-7-16(2)8-6-10/h9-10H,4-8H2,1-3H3. The van der Waals surface area contributed by atoms with E-state index in [1.54, 1.807) is 6.92 Å². The van der Waals surface area contributed by atoms with Gasteiger partial charge in [0.15, 0.2) is 0 Å². The lowest BCUT2D eigenvalue weighted by molar-refractivity contribution is -0.385. The van der Waals surface area contributed by atoms with Gasteiger partial charge in [-0.1, -0.05) is 0 Å². The third-order valence-corrected chi connectivity index (χ3v) is 3.80. The number of hydrogen-bond donors (Lipinski definition) is 0. The van der Waals surface area contributed by atoms with Crippen LogP contribution in [0.4, 0.5) is 11.5 Å². The van der Waals surface area contributed by atoms with Crippen LogP contribution in [0.15, 0.2) is 6.33 Å². The molecule has 0 unspecified atom stereocenters. The minimum absolute atomic E-state index is 0.0345. The molecule has 0 amide bonds. The van der Waals surface area contributed by atoms with E-state index in [1.807, 2.05) is 11.9 Å². The van der Waals surface area contributed by atoms with Gasteiger partial charge in [0.05, 0.1) is 11.5 Å². The Labute approximate surface area is 123 Å². The predicted molar refractivity (Wildman–Crippen MR) is 78.8 cm³/mol. The Morgan fingerprint density at radius 1 is 1.48 bits per heavy atom. The molecule has 8 heteroatoms. The fourth-order valence-corrected chi connectivity index (χ4v) is 2.57. The third kappa shape index (κ3) is 3.38. The summed E-state index contributed by atoms with van der Waals surface area (Å²) in [5.41, 5.74) is -0.152. The topological polar surface area (TPSA) is 84.6 Å². The molecular weight excluding hydrogens is 274 g/mol. The van der Waals surface area contributed by atoms with Crippen LogP contribution in [0.2, 0.25) is 0 Å². The maximum atomic E-state index is 11.4. The van der Waals surface area contributed by atoms with Crippen molar-refractivity contribution in [3.8, 4) is 5.88 Å². The molecule has 0 saturated carbocycles. The van der Waals surface area contributed by atoms with Gasteiger partial charge in [0, 0.05) is 13.1 Å². The zero-order valence-electron chi connectivity index (χ0n) is 12.7. The summed E-state index contributed by atoms with van der Waals surface area (Å²) in [6, 6.07) is 0.240. The van der Waals surface area contributed by atoms with E-state index in [4.69, 9.17) is 4.74 Å². The third-order valence-electron chi connectivity index (χ3n) is 3.80. The zero-order valence-corrected chi connectivity index (χ0v) is 12.7. The van der Waals surface area contributed by atoms with Crippen molar-refractivity contribution in [2.75, 3.05) is 38.7 Å². The van der Waals surface area contributed by atoms with Crippen molar-refractivity contribution in [3.05, 3.63) is 16.4 Å². The number of likely N-dealkylation sites (tertiary alicyclic amines) is 1. The van der Waals surface area contributed by atoms with Crippen molar-refractivity contribution >= 4 is 11.5 Å². The second kappa shape index (κ2) is 6.66. The van der Waals surface area contributed by atoms with Gasteiger partial charge in [-0.2, -0.15) is 4.98 Å². The lowest BCUT2D eigenvalue weighted by Crippen LogP contribution is -2.42. The van der Waals surface area contributed by atoms with Gasteiger partial charge in [-0.05, 0) is 39.9 Å². The van der Waals surface area contributed by atoms with Crippen LogP contribution in [0.5, 0.6) is 5.88 Å². The van der Waals surface area contributed by atoms with Crippen LogP contribution in [-0.2, 0) is 0 Å². The highest BCUT2D eigenvalue weighted by atomic mass is 16.6. The molecule has 1 fully saturated rings. The average Bonchev–Trinajstić information content (AvgIpc) is 2.47. The summed E-state index contributed by atoms with van der Waals surface area (Å²) in [6.07, 6.45) is 3.23. The fourth-order valence-electron chi connectivity index (χ4n) is 2.57. The Morgan fingerprint density at radius 2 is 2.14 bits per heavy atom. The summed E-state index contributed by atoms with van der Waals surface area (Å²) in [5.74, 6) is 0.361. The van der Waals surface area contributed by atoms with Gasteiger partial charge in [0.1, 0.15) is 6.33 Å². The van der Waals surface area contributed by atoms with Crippen molar-refractivity contribution in [2.45, 2.75) is 25.8 Å². The molecule has 0 aromatic carbocycles. The van der Waals surface area contributed by atoms with Gasteiger partial charge in [-0.3, -0.25) is 10.1 Å². The van der Waals surface area contributed by atoms with E-state index >= 15 is 0 Å². The molecule has 0 N–H and O–H groups in total. The summed E-state index contributed by atoms with van der Waals surface area (Å²) in [6.45, 7) is 4.06. The molecule has 0 bridgehead atoms. The number of rotatable bonds is 5. The van der Waals surface area contributed by atoms with E-state index in [0.717, 1.165) is 25.9 Å². The first-order chi connectivity index (χ1) is 10.0. The molecule has 21 heavy (non-hydrogen) atoms. The van der Waals surface area contributed by atoms with E-state index in [0.29, 0.717) is 12.4 Å². The van der Waals surface area contributed by atoms with Crippen molar-refractivity contribution in [1.29, 1.82) is 0 Å². The smallest absolute Gasteiger partial charge is 0.372 e. The van der Waals surface area contributed by atoms with Crippen molar-refractivity contribution in [1.82, 2.24) is 14.9 Å². The summed E-state index contributed by atoms with van der Waals surface area (Å²) in [5, 5.41) is 11.4. The molecule has 2 rings (SSSR count). The number of nitrogens with zero attached hydrogens (tertiary/aromatic N) is 5. The molecule has 0 aliphatic carbocycles.